The minimum atomic E-state index is 0.395. The van der Waals surface area contributed by atoms with Crippen molar-refractivity contribution in [2.24, 2.45) is 5.41 Å². The molecule has 0 aromatic carbocycles. The van der Waals surface area contributed by atoms with Gasteiger partial charge in [0.1, 0.15) is 11.0 Å². The Bertz CT molecular complexity index is 461. The fraction of sp³-hybridized carbons (Fsp3) is 0.733. The topological polar surface area (TPSA) is 25.8 Å². The number of hydrogen-bond acceptors (Lipinski definition) is 2. The average molecular weight is 393 g/mol. The smallest absolute Gasteiger partial charge is 0.146 e. The first-order valence-electron chi connectivity index (χ1n) is 7.03. The Labute approximate surface area is 134 Å². The Balaban J connectivity index is 2.26. The van der Waals surface area contributed by atoms with Crippen LogP contribution in [0.15, 0.2) is 0 Å². The predicted molar refractivity (Wildman–Crippen MR) is 88.8 cm³/mol. The van der Waals surface area contributed by atoms with Crippen LogP contribution in [-0.4, -0.2) is 9.97 Å². The third-order valence-corrected chi connectivity index (χ3v) is 5.76. The lowest BCUT2D eigenvalue weighted by molar-refractivity contribution is 0.220. The maximum Gasteiger partial charge on any atom is 0.146 e. The predicted octanol–water partition coefficient (Wildman–Crippen LogP) is 5.54. The molecular formula is C15H22ClIN2. The van der Waals surface area contributed by atoms with Crippen molar-refractivity contribution in [3.63, 3.8) is 0 Å². The van der Waals surface area contributed by atoms with Crippen LogP contribution >= 0.6 is 34.2 Å². The fourth-order valence-electron chi connectivity index (χ4n) is 2.68. The second-order valence-corrected chi connectivity index (χ2v) is 8.10. The van der Waals surface area contributed by atoms with E-state index in [0.717, 1.165) is 15.1 Å². The molecule has 0 spiro atoms. The molecule has 1 aromatic rings. The Morgan fingerprint density at radius 1 is 1.21 bits per heavy atom. The molecule has 1 saturated carbocycles. The number of hydrogen-bond donors (Lipinski definition) is 0. The van der Waals surface area contributed by atoms with Gasteiger partial charge in [0.25, 0.3) is 0 Å². The summed E-state index contributed by atoms with van der Waals surface area (Å²) in [4.78, 5) is 9.34. The van der Waals surface area contributed by atoms with Gasteiger partial charge < -0.3 is 0 Å². The highest BCUT2D eigenvalue weighted by Crippen LogP contribution is 2.42. The SMILES string of the molecule is CC(C)c1nc(C2CCC(C)(C)CC2)nc(Cl)c1I. The molecule has 19 heavy (non-hydrogen) atoms. The first-order valence-corrected chi connectivity index (χ1v) is 8.48. The molecule has 4 heteroatoms. The monoisotopic (exact) mass is 392 g/mol. The van der Waals surface area contributed by atoms with Crippen LogP contribution in [0.3, 0.4) is 0 Å². The third-order valence-electron chi connectivity index (χ3n) is 4.10. The van der Waals surface area contributed by atoms with E-state index in [2.05, 4.69) is 55.3 Å². The summed E-state index contributed by atoms with van der Waals surface area (Å²) in [5, 5.41) is 0.624. The van der Waals surface area contributed by atoms with Crippen LogP contribution in [0.5, 0.6) is 0 Å². The van der Waals surface area contributed by atoms with Crippen LogP contribution in [0.1, 0.15) is 76.7 Å². The van der Waals surface area contributed by atoms with Crippen LogP contribution in [-0.2, 0) is 0 Å². The average Bonchev–Trinajstić information content (AvgIpc) is 2.32. The molecule has 0 atom stereocenters. The van der Waals surface area contributed by atoms with E-state index in [4.69, 9.17) is 16.6 Å². The van der Waals surface area contributed by atoms with Gasteiger partial charge in [-0.25, -0.2) is 9.97 Å². The van der Waals surface area contributed by atoms with Gasteiger partial charge in [0.15, 0.2) is 0 Å². The van der Waals surface area contributed by atoms with Gasteiger partial charge in [-0.15, -0.1) is 0 Å². The maximum atomic E-state index is 6.28. The first-order chi connectivity index (χ1) is 8.80. The minimum Gasteiger partial charge on any atom is -0.236 e. The van der Waals surface area contributed by atoms with E-state index in [9.17, 15) is 0 Å². The Morgan fingerprint density at radius 3 is 2.32 bits per heavy atom. The third kappa shape index (κ3) is 3.60. The van der Waals surface area contributed by atoms with Gasteiger partial charge in [-0.05, 0) is 59.6 Å². The van der Waals surface area contributed by atoms with Crippen molar-refractivity contribution in [3.05, 3.63) is 20.2 Å². The number of aromatic nitrogens is 2. The van der Waals surface area contributed by atoms with Crippen LogP contribution < -0.4 is 0 Å². The molecule has 1 aromatic heterocycles. The van der Waals surface area contributed by atoms with Gasteiger partial charge in [0, 0.05) is 5.92 Å². The Morgan fingerprint density at radius 2 is 1.79 bits per heavy atom. The standard InChI is InChI=1S/C15H22ClIN2/c1-9(2)12-11(17)13(16)19-14(18-12)10-5-7-15(3,4)8-6-10/h9-10H,5-8H2,1-4H3. The van der Waals surface area contributed by atoms with Crippen molar-refractivity contribution in [2.45, 2.75) is 65.2 Å². The zero-order valence-corrected chi connectivity index (χ0v) is 15.0. The lowest BCUT2D eigenvalue weighted by Gasteiger charge is -2.33. The summed E-state index contributed by atoms with van der Waals surface area (Å²) in [6, 6.07) is 0. The van der Waals surface area contributed by atoms with E-state index in [1.165, 1.54) is 25.7 Å². The summed E-state index contributed by atoms with van der Waals surface area (Å²) in [6.07, 6.45) is 4.87. The quantitative estimate of drug-likeness (QED) is 0.487. The van der Waals surface area contributed by atoms with E-state index in [-0.39, 0.29) is 0 Å². The number of rotatable bonds is 2. The zero-order valence-electron chi connectivity index (χ0n) is 12.1. The van der Waals surface area contributed by atoms with Gasteiger partial charge >= 0.3 is 0 Å². The molecule has 0 radical (unpaired) electrons. The van der Waals surface area contributed by atoms with Gasteiger partial charge in [0.05, 0.1) is 9.26 Å². The second kappa shape index (κ2) is 5.84. The Hall–Kier alpha value is 0.100. The molecule has 0 amide bonds. The molecule has 0 aliphatic heterocycles. The summed E-state index contributed by atoms with van der Waals surface area (Å²) >= 11 is 8.54. The summed E-state index contributed by atoms with van der Waals surface area (Å²) in [5.74, 6) is 1.84. The van der Waals surface area contributed by atoms with Crippen molar-refractivity contribution in [3.8, 4) is 0 Å². The molecule has 0 unspecified atom stereocenters. The number of halogens is 2. The highest BCUT2D eigenvalue weighted by molar-refractivity contribution is 14.1. The van der Waals surface area contributed by atoms with Crippen LogP contribution in [0.4, 0.5) is 0 Å². The molecule has 106 valence electrons. The summed E-state index contributed by atoms with van der Waals surface area (Å²) in [7, 11) is 0. The van der Waals surface area contributed by atoms with Crippen molar-refractivity contribution >= 4 is 34.2 Å². The molecule has 1 aliphatic rings. The fourth-order valence-corrected chi connectivity index (χ4v) is 3.72. The molecule has 0 bridgehead atoms. The normalized spacial score (nSPS) is 19.9. The number of nitrogens with zero attached hydrogens (tertiary/aromatic N) is 2. The summed E-state index contributed by atoms with van der Waals surface area (Å²) in [5.41, 5.74) is 1.57. The van der Waals surface area contributed by atoms with Crippen molar-refractivity contribution in [2.75, 3.05) is 0 Å². The molecule has 1 heterocycles. The summed E-state index contributed by atoms with van der Waals surface area (Å²) < 4.78 is 1.01. The highest BCUT2D eigenvalue weighted by Gasteiger charge is 2.30. The largest absolute Gasteiger partial charge is 0.236 e. The Kier molecular flexibility index (Phi) is 4.76. The maximum absolute atomic E-state index is 6.28. The molecule has 0 N–H and O–H groups in total. The zero-order chi connectivity index (χ0) is 14.2. The highest BCUT2D eigenvalue weighted by atomic mass is 127. The summed E-state index contributed by atoms with van der Waals surface area (Å²) in [6.45, 7) is 9.03. The lowest BCUT2D eigenvalue weighted by Crippen LogP contribution is -2.22. The van der Waals surface area contributed by atoms with E-state index in [1.807, 2.05) is 0 Å². The molecule has 2 nitrogen and oxygen atoms in total. The van der Waals surface area contributed by atoms with Crippen molar-refractivity contribution in [1.29, 1.82) is 0 Å². The molecule has 2 rings (SSSR count). The van der Waals surface area contributed by atoms with Gasteiger partial charge in [0.2, 0.25) is 0 Å². The molecule has 1 fully saturated rings. The second-order valence-electron chi connectivity index (χ2n) is 6.67. The van der Waals surface area contributed by atoms with Crippen molar-refractivity contribution < 1.29 is 0 Å². The molecule has 0 saturated heterocycles. The van der Waals surface area contributed by atoms with Gasteiger partial charge in [-0.3, -0.25) is 0 Å². The van der Waals surface area contributed by atoms with E-state index in [1.54, 1.807) is 0 Å². The molecular weight excluding hydrogens is 371 g/mol. The van der Waals surface area contributed by atoms with Gasteiger partial charge in [-0.1, -0.05) is 39.3 Å². The van der Waals surface area contributed by atoms with Gasteiger partial charge in [-0.2, -0.15) is 0 Å². The van der Waals surface area contributed by atoms with E-state index < -0.39 is 0 Å². The molecule has 1 aliphatic carbocycles. The van der Waals surface area contributed by atoms with Crippen molar-refractivity contribution in [1.82, 2.24) is 9.97 Å². The van der Waals surface area contributed by atoms with E-state index in [0.29, 0.717) is 22.4 Å². The van der Waals surface area contributed by atoms with Crippen LogP contribution in [0.2, 0.25) is 5.15 Å². The lowest BCUT2D eigenvalue weighted by atomic mass is 9.73. The van der Waals surface area contributed by atoms with Crippen LogP contribution in [0.25, 0.3) is 0 Å². The minimum absolute atomic E-state index is 0.395. The van der Waals surface area contributed by atoms with E-state index >= 15 is 0 Å². The van der Waals surface area contributed by atoms with Crippen LogP contribution in [0, 0.1) is 8.99 Å². The first kappa shape index (κ1) is 15.5.